The van der Waals surface area contributed by atoms with Crippen LogP contribution < -0.4 is 5.32 Å². The summed E-state index contributed by atoms with van der Waals surface area (Å²) in [4.78, 5) is 35.3. The van der Waals surface area contributed by atoms with Gasteiger partial charge in [0.25, 0.3) is 5.91 Å². The molecule has 0 fully saturated rings. The lowest BCUT2D eigenvalue weighted by Crippen LogP contribution is -2.49. The summed E-state index contributed by atoms with van der Waals surface area (Å²) in [6, 6.07) is 10.7. The number of nitrogens with zero attached hydrogens (tertiary/aromatic N) is 2. The van der Waals surface area contributed by atoms with E-state index in [-0.39, 0.29) is 17.7 Å². The lowest BCUT2D eigenvalue weighted by atomic mass is 9.96. The van der Waals surface area contributed by atoms with Gasteiger partial charge < -0.3 is 15.2 Å². The van der Waals surface area contributed by atoms with Gasteiger partial charge in [0.1, 0.15) is 11.7 Å². The number of fused-ring (bicyclic) bond motifs is 2. The summed E-state index contributed by atoms with van der Waals surface area (Å²) in [5.41, 5.74) is 3.03. The normalized spacial score (nSPS) is 17.9. The molecule has 2 N–H and O–H groups in total. The minimum atomic E-state index is -0.528. The van der Waals surface area contributed by atoms with Crippen LogP contribution in [-0.2, 0) is 11.3 Å². The molecule has 138 valence electrons. The van der Waals surface area contributed by atoms with Crippen molar-refractivity contribution in [3.63, 3.8) is 0 Å². The zero-order valence-electron chi connectivity index (χ0n) is 15.4. The number of para-hydroxylation sites is 1. The molecular weight excluding hydrogens is 340 g/mol. The highest BCUT2D eigenvalue weighted by Gasteiger charge is 2.37. The number of carbonyl (C=O) groups excluding carboxylic acids is 2. The molecule has 0 saturated carbocycles. The molecule has 1 aromatic carbocycles. The zero-order chi connectivity index (χ0) is 19.0. The lowest BCUT2D eigenvalue weighted by Gasteiger charge is -2.32. The highest BCUT2D eigenvalue weighted by Crippen LogP contribution is 2.29. The van der Waals surface area contributed by atoms with Crippen LogP contribution in [0, 0.1) is 5.92 Å². The number of hydrogen-bond acceptors (Lipinski definition) is 3. The second-order valence-corrected chi connectivity index (χ2v) is 7.06. The average molecular weight is 362 g/mol. The van der Waals surface area contributed by atoms with E-state index in [1.165, 1.54) is 0 Å². The summed E-state index contributed by atoms with van der Waals surface area (Å²) in [6.45, 7) is 4.43. The molecule has 0 saturated heterocycles. The van der Waals surface area contributed by atoms with Crippen molar-refractivity contribution >= 4 is 28.4 Å². The first-order chi connectivity index (χ1) is 13.1. The summed E-state index contributed by atoms with van der Waals surface area (Å²) in [5, 5.41) is 3.87. The molecule has 0 aliphatic carbocycles. The number of aromatic nitrogens is 2. The summed E-state index contributed by atoms with van der Waals surface area (Å²) in [6.07, 6.45) is 4.21. The number of carbonyl (C=O) groups is 2. The Balaban J connectivity index is 1.77. The predicted octanol–water partition coefficient (Wildman–Crippen LogP) is 3.57. The van der Waals surface area contributed by atoms with Crippen LogP contribution in [0.2, 0.25) is 0 Å². The van der Waals surface area contributed by atoms with Gasteiger partial charge in [-0.05, 0) is 29.7 Å². The summed E-state index contributed by atoms with van der Waals surface area (Å²) < 4.78 is 0. The van der Waals surface area contributed by atoms with Crippen LogP contribution in [0.5, 0.6) is 0 Å². The van der Waals surface area contributed by atoms with Crippen LogP contribution in [0.15, 0.2) is 48.8 Å². The molecule has 1 aliphatic heterocycles. The maximum atomic E-state index is 13.4. The van der Waals surface area contributed by atoms with Crippen molar-refractivity contribution in [1.82, 2.24) is 14.9 Å². The molecule has 6 nitrogen and oxygen atoms in total. The minimum absolute atomic E-state index is 0.0364. The fourth-order valence-electron chi connectivity index (χ4n) is 3.64. The molecule has 0 bridgehead atoms. The molecule has 27 heavy (non-hydrogen) atoms. The van der Waals surface area contributed by atoms with Crippen molar-refractivity contribution in [2.24, 2.45) is 5.92 Å². The molecule has 2 aromatic heterocycles. The van der Waals surface area contributed by atoms with E-state index in [9.17, 15) is 9.59 Å². The Hall–Kier alpha value is -3.15. The van der Waals surface area contributed by atoms with Gasteiger partial charge in [-0.2, -0.15) is 0 Å². The topological polar surface area (TPSA) is 78.1 Å². The number of pyridine rings is 1. The minimum Gasteiger partial charge on any atom is -0.350 e. The van der Waals surface area contributed by atoms with Gasteiger partial charge in [-0.25, -0.2) is 0 Å². The largest absolute Gasteiger partial charge is 0.350 e. The number of H-pyrrole nitrogens is 1. The van der Waals surface area contributed by atoms with E-state index >= 15 is 0 Å². The Bertz CT molecular complexity index is 977. The molecule has 0 radical (unpaired) electrons. The predicted molar refractivity (Wildman–Crippen MR) is 104 cm³/mol. The first-order valence-corrected chi connectivity index (χ1v) is 9.21. The fourth-order valence-corrected chi connectivity index (χ4v) is 3.64. The van der Waals surface area contributed by atoms with Gasteiger partial charge in [0, 0.05) is 35.5 Å². The van der Waals surface area contributed by atoms with Crippen LogP contribution in [0.3, 0.4) is 0 Å². The van der Waals surface area contributed by atoms with E-state index in [0.717, 1.165) is 28.6 Å². The van der Waals surface area contributed by atoms with E-state index in [1.807, 2.05) is 44.2 Å². The molecule has 2 amide bonds. The third-order valence-corrected chi connectivity index (χ3v) is 5.32. The van der Waals surface area contributed by atoms with E-state index in [2.05, 4.69) is 15.3 Å². The highest BCUT2D eigenvalue weighted by atomic mass is 16.2. The number of hydrogen-bond donors (Lipinski definition) is 2. The van der Waals surface area contributed by atoms with Gasteiger partial charge in [0.2, 0.25) is 5.91 Å². The Kier molecular flexibility index (Phi) is 4.39. The van der Waals surface area contributed by atoms with Crippen LogP contribution in [0.25, 0.3) is 10.9 Å². The number of anilines is 1. The van der Waals surface area contributed by atoms with Gasteiger partial charge in [-0.3, -0.25) is 14.6 Å². The number of rotatable bonds is 3. The van der Waals surface area contributed by atoms with Gasteiger partial charge in [-0.1, -0.05) is 38.5 Å². The Labute approximate surface area is 157 Å². The smallest absolute Gasteiger partial charge is 0.271 e. The highest BCUT2D eigenvalue weighted by molar-refractivity contribution is 6.03. The van der Waals surface area contributed by atoms with Gasteiger partial charge in [-0.15, -0.1) is 0 Å². The van der Waals surface area contributed by atoms with E-state index in [4.69, 9.17) is 0 Å². The molecule has 3 heterocycles. The first kappa shape index (κ1) is 17.3. The quantitative estimate of drug-likeness (QED) is 0.748. The Morgan fingerprint density at radius 3 is 2.93 bits per heavy atom. The number of aromatic amines is 1. The zero-order valence-corrected chi connectivity index (χ0v) is 15.4. The standard InChI is InChI=1S/C21H22N4O2/c1-3-13(2)19-20(26)24-16-7-5-4-6-14(16)12-25(19)21(27)18-10-15-11-22-9-8-17(15)23-18/h4-11,13,19,23H,3,12H2,1-2H3,(H,24,26). The molecule has 1 aliphatic rings. The second kappa shape index (κ2) is 6.87. The fraction of sp³-hybridized carbons (Fsp3) is 0.286. The van der Waals surface area contributed by atoms with Crippen molar-refractivity contribution < 1.29 is 9.59 Å². The van der Waals surface area contributed by atoms with Gasteiger partial charge in [0.05, 0.1) is 0 Å². The summed E-state index contributed by atoms with van der Waals surface area (Å²) in [5.74, 6) is -0.280. The molecule has 4 rings (SSSR count). The average Bonchev–Trinajstić information content (AvgIpc) is 3.05. The molecule has 3 aromatic rings. The summed E-state index contributed by atoms with van der Waals surface area (Å²) >= 11 is 0. The number of benzene rings is 1. The van der Waals surface area contributed by atoms with Crippen molar-refractivity contribution in [2.75, 3.05) is 5.32 Å². The molecule has 2 unspecified atom stereocenters. The van der Waals surface area contributed by atoms with E-state index in [0.29, 0.717) is 12.2 Å². The van der Waals surface area contributed by atoms with Crippen molar-refractivity contribution in [1.29, 1.82) is 0 Å². The Morgan fingerprint density at radius 2 is 2.15 bits per heavy atom. The van der Waals surface area contributed by atoms with Crippen molar-refractivity contribution in [2.45, 2.75) is 32.9 Å². The first-order valence-electron chi connectivity index (χ1n) is 9.21. The van der Waals surface area contributed by atoms with Crippen LogP contribution in [0.1, 0.15) is 36.3 Å². The van der Waals surface area contributed by atoms with Crippen LogP contribution in [0.4, 0.5) is 5.69 Å². The molecule has 6 heteroatoms. The van der Waals surface area contributed by atoms with E-state index in [1.54, 1.807) is 23.4 Å². The molecule has 2 atom stereocenters. The van der Waals surface area contributed by atoms with Crippen LogP contribution >= 0.6 is 0 Å². The molecule has 0 spiro atoms. The van der Waals surface area contributed by atoms with Crippen molar-refractivity contribution in [3.05, 3.63) is 60.0 Å². The van der Waals surface area contributed by atoms with Crippen LogP contribution in [-0.4, -0.2) is 32.7 Å². The summed E-state index contributed by atoms with van der Waals surface area (Å²) in [7, 11) is 0. The third-order valence-electron chi connectivity index (χ3n) is 5.32. The molecular formula is C21H22N4O2. The van der Waals surface area contributed by atoms with Gasteiger partial charge in [0.15, 0.2) is 0 Å². The number of amides is 2. The number of nitrogens with one attached hydrogen (secondary N) is 2. The maximum absolute atomic E-state index is 13.4. The monoisotopic (exact) mass is 362 g/mol. The van der Waals surface area contributed by atoms with Gasteiger partial charge >= 0.3 is 0 Å². The van der Waals surface area contributed by atoms with E-state index < -0.39 is 6.04 Å². The lowest BCUT2D eigenvalue weighted by molar-refractivity contribution is -0.122. The maximum Gasteiger partial charge on any atom is 0.271 e. The second-order valence-electron chi connectivity index (χ2n) is 7.06. The third kappa shape index (κ3) is 3.07. The Morgan fingerprint density at radius 1 is 1.33 bits per heavy atom. The SMILES string of the molecule is CCC(C)C1C(=O)Nc2ccccc2CN1C(=O)c1cc2cnccc2[nH]1. The van der Waals surface area contributed by atoms with Crippen molar-refractivity contribution in [3.8, 4) is 0 Å².